The van der Waals surface area contributed by atoms with Gasteiger partial charge in [0.2, 0.25) is 0 Å². The fraction of sp³-hybridized carbons (Fsp3) is 0.211. The molecule has 20 heavy (non-hydrogen) atoms. The number of pyridine rings is 1. The number of aromatic nitrogens is 1. The average molecular weight is 261 g/mol. The third kappa shape index (κ3) is 2.00. The summed E-state index contributed by atoms with van der Waals surface area (Å²) in [6.45, 7) is 4.58. The van der Waals surface area contributed by atoms with Gasteiger partial charge in [-0.05, 0) is 29.7 Å². The molecule has 3 rings (SSSR count). The first-order valence-electron chi connectivity index (χ1n) is 7.15. The second kappa shape index (κ2) is 5.09. The normalized spacial score (nSPS) is 14.1. The van der Waals surface area contributed by atoms with Crippen LogP contribution in [0.15, 0.2) is 66.9 Å². The van der Waals surface area contributed by atoms with E-state index in [0.29, 0.717) is 0 Å². The number of hydrogen-bond acceptors (Lipinski definition) is 1. The summed E-state index contributed by atoms with van der Waals surface area (Å²) in [7, 11) is 0. The molecular weight excluding hydrogens is 242 g/mol. The van der Waals surface area contributed by atoms with Gasteiger partial charge in [-0.3, -0.25) is 4.98 Å². The summed E-state index contributed by atoms with van der Waals surface area (Å²) in [6.07, 6.45) is 2.99. The van der Waals surface area contributed by atoms with Crippen LogP contribution < -0.4 is 0 Å². The highest BCUT2D eigenvalue weighted by Gasteiger charge is 2.28. The molecule has 0 fully saturated rings. The fourth-order valence-electron chi connectivity index (χ4n) is 2.93. The predicted octanol–water partition coefficient (Wildman–Crippen LogP) is 4.95. The summed E-state index contributed by atoms with van der Waals surface area (Å²) in [5.41, 5.74) is 3.81. The zero-order valence-electron chi connectivity index (χ0n) is 12.0. The third-order valence-electron chi connectivity index (χ3n) is 4.36. The lowest BCUT2D eigenvalue weighted by Gasteiger charge is -2.30. The van der Waals surface area contributed by atoms with Crippen LogP contribution in [0, 0.1) is 0 Å². The van der Waals surface area contributed by atoms with Crippen molar-refractivity contribution in [2.24, 2.45) is 0 Å². The number of fused-ring (bicyclic) bond motifs is 1. The van der Waals surface area contributed by atoms with Gasteiger partial charge >= 0.3 is 0 Å². The average Bonchev–Trinajstić information content (AvgIpc) is 2.54. The Labute approximate surface area is 120 Å². The molecular formula is C19H19N. The molecule has 0 spiro atoms. The Morgan fingerprint density at radius 1 is 0.900 bits per heavy atom. The van der Waals surface area contributed by atoms with Gasteiger partial charge in [-0.2, -0.15) is 0 Å². The zero-order valence-corrected chi connectivity index (χ0v) is 12.0. The van der Waals surface area contributed by atoms with Gasteiger partial charge in [0, 0.05) is 17.0 Å². The summed E-state index contributed by atoms with van der Waals surface area (Å²) >= 11 is 0. The summed E-state index contributed by atoms with van der Waals surface area (Å²) in [5.74, 6) is 0. The van der Waals surface area contributed by atoms with E-state index < -0.39 is 0 Å². The van der Waals surface area contributed by atoms with Crippen LogP contribution in [0.4, 0.5) is 0 Å². The Hall–Kier alpha value is -2.15. The highest BCUT2D eigenvalue weighted by Crippen LogP contribution is 2.38. The van der Waals surface area contributed by atoms with E-state index in [0.717, 1.165) is 11.9 Å². The molecule has 100 valence electrons. The zero-order chi connectivity index (χ0) is 14.0. The topological polar surface area (TPSA) is 12.9 Å². The lowest BCUT2D eigenvalue weighted by Crippen LogP contribution is -2.23. The Balaban J connectivity index is 2.27. The van der Waals surface area contributed by atoms with Crippen molar-refractivity contribution in [3.05, 3.63) is 78.0 Å². The van der Waals surface area contributed by atoms with Gasteiger partial charge in [0.15, 0.2) is 0 Å². The van der Waals surface area contributed by atoms with E-state index >= 15 is 0 Å². The standard InChI is InChI=1S/C19H19N/c1-3-19(2,15-9-5-4-6-10-15)17-13-14-20-18-12-8-7-11-16(17)18/h4-14H,3H2,1-2H3/t19-/m1/s1. The van der Waals surface area contributed by atoms with Crippen molar-refractivity contribution in [1.82, 2.24) is 4.98 Å². The Morgan fingerprint density at radius 2 is 1.60 bits per heavy atom. The maximum absolute atomic E-state index is 4.48. The largest absolute Gasteiger partial charge is 0.256 e. The van der Waals surface area contributed by atoms with Crippen molar-refractivity contribution < 1.29 is 0 Å². The van der Waals surface area contributed by atoms with Crippen molar-refractivity contribution >= 4 is 10.9 Å². The van der Waals surface area contributed by atoms with Gasteiger partial charge in [0.1, 0.15) is 0 Å². The fourth-order valence-corrected chi connectivity index (χ4v) is 2.93. The molecule has 0 N–H and O–H groups in total. The van der Waals surface area contributed by atoms with Crippen LogP contribution >= 0.6 is 0 Å². The molecule has 1 atom stereocenters. The second-order valence-corrected chi connectivity index (χ2v) is 5.43. The number of para-hydroxylation sites is 1. The van der Waals surface area contributed by atoms with Gasteiger partial charge in [-0.1, -0.05) is 62.4 Å². The van der Waals surface area contributed by atoms with Gasteiger partial charge in [0.25, 0.3) is 0 Å². The van der Waals surface area contributed by atoms with Gasteiger partial charge in [0.05, 0.1) is 5.52 Å². The third-order valence-corrected chi connectivity index (χ3v) is 4.36. The smallest absolute Gasteiger partial charge is 0.0705 e. The van der Waals surface area contributed by atoms with Crippen molar-refractivity contribution in [2.45, 2.75) is 25.7 Å². The predicted molar refractivity (Wildman–Crippen MR) is 84.9 cm³/mol. The van der Waals surface area contributed by atoms with Crippen LogP contribution in [0.2, 0.25) is 0 Å². The highest BCUT2D eigenvalue weighted by molar-refractivity contribution is 5.83. The number of nitrogens with zero attached hydrogens (tertiary/aromatic N) is 1. The molecule has 0 aliphatic carbocycles. The molecule has 0 saturated carbocycles. The minimum atomic E-state index is 0.0177. The van der Waals surface area contributed by atoms with Crippen LogP contribution in [-0.2, 0) is 5.41 Å². The molecule has 0 unspecified atom stereocenters. The van der Waals surface area contributed by atoms with Crippen LogP contribution in [-0.4, -0.2) is 4.98 Å². The highest BCUT2D eigenvalue weighted by atomic mass is 14.6. The Morgan fingerprint density at radius 3 is 2.35 bits per heavy atom. The molecule has 0 radical (unpaired) electrons. The van der Waals surface area contributed by atoms with E-state index in [9.17, 15) is 0 Å². The van der Waals surface area contributed by atoms with E-state index in [1.165, 1.54) is 16.5 Å². The van der Waals surface area contributed by atoms with Crippen LogP contribution in [0.5, 0.6) is 0 Å². The van der Waals surface area contributed by atoms with E-state index in [-0.39, 0.29) is 5.41 Å². The first-order valence-corrected chi connectivity index (χ1v) is 7.15. The molecule has 1 nitrogen and oxygen atoms in total. The van der Waals surface area contributed by atoms with Crippen molar-refractivity contribution in [2.75, 3.05) is 0 Å². The molecule has 0 aliphatic rings. The van der Waals surface area contributed by atoms with Crippen molar-refractivity contribution in [3.8, 4) is 0 Å². The maximum Gasteiger partial charge on any atom is 0.0705 e. The first-order chi connectivity index (χ1) is 9.75. The molecule has 1 aromatic heterocycles. The lowest BCUT2D eigenvalue weighted by molar-refractivity contribution is 0.554. The minimum absolute atomic E-state index is 0.0177. The van der Waals surface area contributed by atoms with E-state index in [4.69, 9.17) is 0 Å². The van der Waals surface area contributed by atoms with E-state index in [1.807, 2.05) is 12.3 Å². The van der Waals surface area contributed by atoms with Crippen LogP contribution in [0.25, 0.3) is 10.9 Å². The lowest BCUT2D eigenvalue weighted by atomic mass is 9.73. The molecule has 1 heterocycles. The number of rotatable bonds is 3. The molecule has 0 bridgehead atoms. The van der Waals surface area contributed by atoms with Gasteiger partial charge < -0.3 is 0 Å². The summed E-state index contributed by atoms with van der Waals surface area (Å²) in [5, 5.41) is 1.25. The number of benzene rings is 2. The molecule has 0 saturated heterocycles. The van der Waals surface area contributed by atoms with Crippen LogP contribution in [0.1, 0.15) is 31.4 Å². The first kappa shape index (κ1) is 12.9. The molecule has 0 aliphatic heterocycles. The van der Waals surface area contributed by atoms with Crippen molar-refractivity contribution in [3.63, 3.8) is 0 Å². The second-order valence-electron chi connectivity index (χ2n) is 5.43. The number of hydrogen-bond donors (Lipinski definition) is 0. The maximum atomic E-state index is 4.48. The molecule has 3 aromatic rings. The monoisotopic (exact) mass is 261 g/mol. The molecule has 2 aromatic carbocycles. The quantitative estimate of drug-likeness (QED) is 0.650. The van der Waals surface area contributed by atoms with E-state index in [1.54, 1.807) is 0 Å². The van der Waals surface area contributed by atoms with E-state index in [2.05, 4.69) is 73.4 Å². The van der Waals surface area contributed by atoms with Crippen molar-refractivity contribution in [1.29, 1.82) is 0 Å². The minimum Gasteiger partial charge on any atom is -0.256 e. The summed E-state index contributed by atoms with van der Waals surface area (Å²) in [6, 6.07) is 21.3. The Kier molecular flexibility index (Phi) is 3.27. The SMILES string of the molecule is CC[C@](C)(c1ccccc1)c1ccnc2ccccc12. The molecule has 1 heteroatoms. The van der Waals surface area contributed by atoms with Gasteiger partial charge in [-0.25, -0.2) is 0 Å². The summed E-state index contributed by atoms with van der Waals surface area (Å²) in [4.78, 5) is 4.48. The van der Waals surface area contributed by atoms with Gasteiger partial charge in [-0.15, -0.1) is 0 Å². The summed E-state index contributed by atoms with van der Waals surface area (Å²) < 4.78 is 0. The van der Waals surface area contributed by atoms with Crippen LogP contribution in [0.3, 0.4) is 0 Å². The Bertz CT molecular complexity index is 713. The molecule has 0 amide bonds.